The minimum absolute atomic E-state index is 0.0200. The Kier molecular flexibility index (Phi) is 9.61. The van der Waals surface area contributed by atoms with Crippen LogP contribution in [0, 0.1) is 0 Å². The third kappa shape index (κ3) is 8.02. The average molecular weight is 413 g/mol. The molecule has 1 aromatic rings. The summed E-state index contributed by atoms with van der Waals surface area (Å²) in [5.74, 6) is -0.181. The van der Waals surface area contributed by atoms with Gasteiger partial charge in [-0.15, -0.1) is 0 Å². The van der Waals surface area contributed by atoms with Crippen LogP contribution < -0.4 is 16.0 Å². The van der Waals surface area contributed by atoms with Crippen molar-refractivity contribution < 1.29 is 14.4 Å². The molecule has 1 rings (SSSR count). The van der Waals surface area contributed by atoms with Crippen LogP contribution in [0.25, 0.3) is 0 Å². The zero-order valence-electron chi connectivity index (χ0n) is 14.6. The van der Waals surface area contributed by atoms with E-state index in [-0.39, 0.29) is 30.8 Å². The van der Waals surface area contributed by atoms with Crippen molar-refractivity contribution >= 4 is 33.8 Å². The van der Waals surface area contributed by atoms with E-state index in [1.165, 1.54) is 0 Å². The summed E-state index contributed by atoms with van der Waals surface area (Å²) in [6, 6.07) is 6.71. The van der Waals surface area contributed by atoms with Crippen LogP contribution in [0.4, 0.5) is 4.79 Å². The minimum Gasteiger partial charge on any atom is -0.350 e. The van der Waals surface area contributed by atoms with Gasteiger partial charge in [-0.25, -0.2) is 4.79 Å². The highest BCUT2D eigenvalue weighted by Crippen LogP contribution is 2.11. The summed E-state index contributed by atoms with van der Waals surface area (Å²) in [6.07, 6.45) is 0.273. The number of carbonyl (C=O) groups is 3. The van der Waals surface area contributed by atoms with E-state index in [4.69, 9.17) is 0 Å². The molecule has 7 nitrogen and oxygen atoms in total. The highest BCUT2D eigenvalue weighted by atomic mass is 79.9. The Bertz CT molecular complexity index is 591. The summed E-state index contributed by atoms with van der Waals surface area (Å²) < 4.78 is 0.830. The normalized spacial score (nSPS) is 10.0. The molecule has 1 aromatic carbocycles. The van der Waals surface area contributed by atoms with Crippen molar-refractivity contribution in [1.29, 1.82) is 0 Å². The van der Waals surface area contributed by atoms with Crippen molar-refractivity contribution in [2.24, 2.45) is 0 Å². The maximum absolute atomic E-state index is 11.9. The number of nitrogens with one attached hydrogen (secondary N) is 3. The second kappa shape index (κ2) is 11.5. The number of amides is 4. The van der Waals surface area contributed by atoms with Crippen molar-refractivity contribution in [2.45, 2.75) is 20.3 Å². The molecule has 0 fully saturated rings. The second-order valence-corrected chi connectivity index (χ2v) is 6.18. The minimum atomic E-state index is -0.357. The molecule has 0 aliphatic heterocycles. The fraction of sp³-hybridized carbons (Fsp3) is 0.471. The lowest BCUT2D eigenvalue weighted by Gasteiger charge is -2.18. The molecule has 0 heterocycles. The van der Waals surface area contributed by atoms with E-state index in [1.54, 1.807) is 23.1 Å². The largest absolute Gasteiger partial charge is 0.350 e. The van der Waals surface area contributed by atoms with E-state index in [1.807, 2.05) is 19.9 Å². The van der Waals surface area contributed by atoms with E-state index in [0.717, 1.165) is 4.47 Å². The Labute approximate surface area is 156 Å². The lowest BCUT2D eigenvalue weighted by Crippen LogP contribution is -2.41. The van der Waals surface area contributed by atoms with Gasteiger partial charge in [-0.3, -0.25) is 9.59 Å². The fourth-order valence-corrected chi connectivity index (χ4v) is 2.56. The monoisotopic (exact) mass is 412 g/mol. The first-order valence-corrected chi connectivity index (χ1v) is 9.10. The Morgan fingerprint density at radius 3 is 2.28 bits per heavy atom. The maximum Gasteiger partial charge on any atom is 0.314 e. The SMILES string of the molecule is CCN(CC)C(=O)CCNC(=O)NCCNC(=O)c1cccc(Br)c1. The lowest BCUT2D eigenvalue weighted by molar-refractivity contribution is -0.130. The first kappa shape index (κ1) is 21.0. The van der Waals surface area contributed by atoms with Crippen LogP contribution in [0.15, 0.2) is 28.7 Å². The smallest absolute Gasteiger partial charge is 0.314 e. The van der Waals surface area contributed by atoms with Gasteiger partial charge in [-0.05, 0) is 32.0 Å². The Morgan fingerprint density at radius 1 is 1.00 bits per heavy atom. The Hall–Kier alpha value is -2.09. The van der Waals surface area contributed by atoms with Crippen molar-refractivity contribution in [2.75, 3.05) is 32.7 Å². The number of halogens is 1. The summed E-state index contributed by atoms with van der Waals surface area (Å²) in [6.45, 7) is 6.07. The molecule has 0 aliphatic carbocycles. The van der Waals surface area contributed by atoms with Gasteiger partial charge in [-0.1, -0.05) is 22.0 Å². The van der Waals surface area contributed by atoms with Gasteiger partial charge < -0.3 is 20.9 Å². The van der Waals surface area contributed by atoms with Gasteiger partial charge in [0, 0.05) is 49.2 Å². The van der Waals surface area contributed by atoms with E-state index in [2.05, 4.69) is 31.9 Å². The van der Waals surface area contributed by atoms with E-state index >= 15 is 0 Å². The summed E-state index contributed by atoms with van der Waals surface area (Å²) in [4.78, 5) is 37.0. The molecule has 0 saturated carbocycles. The Balaban J connectivity index is 2.16. The van der Waals surface area contributed by atoms with Crippen LogP contribution in [0.2, 0.25) is 0 Å². The molecule has 0 unspecified atom stereocenters. The zero-order valence-corrected chi connectivity index (χ0v) is 16.2. The highest BCUT2D eigenvalue weighted by Gasteiger charge is 2.09. The predicted octanol–water partition coefficient (Wildman–Crippen LogP) is 1.74. The van der Waals surface area contributed by atoms with E-state index < -0.39 is 0 Å². The van der Waals surface area contributed by atoms with Gasteiger partial charge in [0.05, 0.1) is 0 Å². The molecule has 0 saturated heterocycles. The number of carbonyl (C=O) groups excluding carboxylic acids is 3. The molecule has 0 radical (unpaired) electrons. The quantitative estimate of drug-likeness (QED) is 0.539. The zero-order chi connectivity index (χ0) is 18.7. The van der Waals surface area contributed by atoms with Crippen LogP contribution in [-0.4, -0.2) is 55.5 Å². The molecular weight excluding hydrogens is 388 g/mol. The number of rotatable bonds is 9. The standard InChI is InChI=1S/C17H25BrN4O3/c1-3-22(4-2)15(23)8-9-20-17(25)21-11-10-19-16(24)13-6-5-7-14(18)12-13/h5-7,12H,3-4,8-11H2,1-2H3,(H,19,24)(H2,20,21,25). The highest BCUT2D eigenvalue weighted by molar-refractivity contribution is 9.10. The van der Waals surface area contributed by atoms with Gasteiger partial charge in [0.15, 0.2) is 0 Å². The van der Waals surface area contributed by atoms with Crippen LogP contribution in [0.1, 0.15) is 30.6 Å². The van der Waals surface area contributed by atoms with Crippen LogP contribution in [0.3, 0.4) is 0 Å². The van der Waals surface area contributed by atoms with Gasteiger partial charge in [0.2, 0.25) is 5.91 Å². The molecule has 8 heteroatoms. The van der Waals surface area contributed by atoms with Crippen molar-refractivity contribution in [3.05, 3.63) is 34.3 Å². The van der Waals surface area contributed by atoms with Gasteiger partial charge >= 0.3 is 6.03 Å². The van der Waals surface area contributed by atoms with Crippen molar-refractivity contribution in [1.82, 2.24) is 20.9 Å². The molecule has 4 amide bonds. The molecule has 0 spiro atoms. The Morgan fingerprint density at radius 2 is 1.64 bits per heavy atom. The predicted molar refractivity (Wildman–Crippen MR) is 100 cm³/mol. The van der Waals surface area contributed by atoms with Gasteiger partial charge in [0.25, 0.3) is 5.91 Å². The number of benzene rings is 1. The van der Waals surface area contributed by atoms with Gasteiger partial charge in [0.1, 0.15) is 0 Å². The maximum atomic E-state index is 11.9. The molecule has 0 aromatic heterocycles. The van der Waals surface area contributed by atoms with E-state index in [0.29, 0.717) is 31.7 Å². The average Bonchev–Trinajstić information content (AvgIpc) is 2.59. The number of hydrogen-bond acceptors (Lipinski definition) is 3. The molecule has 25 heavy (non-hydrogen) atoms. The van der Waals surface area contributed by atoms with Crippen molar-refractivity contribution in [3.63, 3.8) is 0 Å². The topological polar surface area (TPSA) is 90.5 Å². The summed E-state index contributed by atoms with van der Waals surface area (Å²) >= 11 is 3.31. The number of hydrogen-bond donors (Lipinski definition) is 3. The second-order valence-electron chi connectivity index (χ2n) is 5.26. The molecule has 3 N–H and O–H groups in total. The van der Waals surface area contributed by atoms with Crippen LogP contribution in [-0.2, 0) is 4.79 Å². The van der Waals surface area contributed by atoms with Gasteiger partial charge in [-0.2, -0.15) is 0 Å². The van der Waals surface area contributed by atoms with Crippen molar-refractivity contribution in [3.8, 4) is 0 Å². The molecule has 0 atom stereocenters. The molecule has 138 valence electrons. The van der Waals surface area contributed by atoms with Crippen LogP contribution in [0.5, 0.6) is 0 Å². The number of urea groups is 1. The van der Waals surface area contributed by atoms with Crippen LogP contribution >= 0.6 is 15.9 Å². The molecule has 0 bridgehead atoms. The third-order valence-corrected chi connectivity index (χ3v) is 4.02. The summed E-state index contributed by atoms with van der Waals surface area (Å²) in [7, 11) is 0. The molecule has 0 aliphatic rings. The third-order valence-electron chi connectivity index (χ3n) is 3.52. The summed E-state index contributed by atoms with van der Waals surface area (Å²) in [5, 5.41) is 7.98. The first-order chi connectivity index (χ1) is 12.0. The fourth-order valence-electron chi connectivity index (χ4n) is 2.16. The first-order valence-electron chi connectivity index (χ1n) is 8.31. The molecular formula is C17H25BrN4O3. The van der Waals surface area contributed by atoms with E-state index in [9.17, 15) is 14.4 Å². The number of nitrogens with zero attached hydrogens (tertiary/aromatic N) is 1. The lowest BCUT2D eigenvalue weighted by atomic mass is 10.2. The summed E-state index contributed by atoms with van der Waals surface area (Å²) in [5.41, 5.74) is 0.550.